The van der Waals surface area contributed by atoms with Gasteiger partial charge in [-0.3, -0.25) is 9.78 Å². The molecule has 6 rings (SSSR count). The fourth-order valence-corrected chi connectivity index (χ4v) is 7.26. The van der Waals surface area contributed by atoms with Crippen molar-refractivity contribution in [3.05, 3.63) is 77.6 Å². The molecule has 0 aliphatic carbocycles. The number of hydrogen-bond acceptors (Lipinski definition) is 7. The summed E-state index contributed by atoms with van der Waals surface area (Å²) in [6, 6.07) is 15.2. The molecule has 3 aromatic rings. The molecule has 39 heavy (non-hydrogen) atoms. The first kappa shape index (κ1) is 25.6. The van der Waals surface area contributed by atoms with E-state index in [0.29, 0.717) is 24.6 Å². The van der Waals surface area contributed by atoms with Gasteiger partial charge in [0.15, 0.2) is 11.5 Å². The molecule has 0 N–H and O–H groups in total. The molecule has 0 radical (unpaired) electrons. The molecule has 3 aliphatic rings. The van der Waals surface area contributed by atoms with Crippen LogP contribution in [0.15, 0.2) is 65.8 Å². The summed E-state index contributed by atoms with van der Waals surface area (Å²) in [6.45, 7) is 7.31. The maximum atomic E-state index is 14.0. The number of ether oxygens (including phenoxy) is 2. The molecule has 204 valence electrons. The monoisotopic (exact) mass is 548 g/mol. The van der Waals surface area contributed by atoms with Gasteiger partial charge in [-0.05, 0) is 60.9 Å². The van der Waals surface area contributed by atoms with Gasteiger partial charge in [0.1, 0.15) is 4.90 Å². The number of carbonyl (C=O) groups excluding carboxylic acids is 1. The number of sulfonamides is 1. The number of nitrogens with zero attached hydrogens (tertiary/aromatic N) is 4. The Bertz CT molecular complexity index is 1490. The fraction of sp³-hybridized carbons (Fsp3) is 0.379. The molecular formula is C29H32N4O5S. The zero-order valence-corrected chi connectivity index (χ0v) is 22.9. The minimum Gasteiger partial charge on any atom is -0.454 e. The second-order valence-electron chi connectivity index (χ2n) is 10.4. The normalized spacial score (nSPS) is 21.4. The molecule has 2 fully saturated rings. The number of aryl methyl sites for hydroxylation is 2. The second-order valence-corrected chi connectivity index (χ2v) is 12.4. The van der Waals surface area contributed by atoms with Gasteiger partial charge in [-0.2, -0.15) is 4.31 Å². The highest BCUT2D eigenvalue weighted by atomic mass is 32.2. The van der Waals surface area contributed by atoms with E-state index < -0.39 is 15.9 Å². The summed E-state index contributed by atoms with van der Waals surface area (Å²) >= 11 is 0. The Balaban J connectivity index is 1.25. The topological polar surface area (TPSA) is 92.3 Å². The van der Waals surface area contributed by atoms with Gasteiger partial charge in [0, 0.05) is 63.3 Å². The molecule has 2 aromatic carbocycles. The predicted octanol–water partition coefficient (Wildman–Crippen LogP) is 3.18. The molecule has 1 aromatic heterocycles. The average Bonchev–Trinajstić information content (AvgIpc) is 3.62. The Morgan fingerprint density at radius 3 is 2.51 bits per heavy atom. The first-order chi connectivity index (χ1) is 18.8. The number of carbonyl (C=O) groups is 1. The van der Waals surface area contributed by atoms with Crippen molar-refractivity contribution >= 4 is 21.6 Å². The van der Waals surface area contributed by atoms with Crippen molar-refractivity contribution in [3.8, 4) is 11.5 Å². The van der Waals surface area contributed by atoms with Crippen LogP contribution < -0.4 is 14.4 Å². The van der Waals surface area contributed by atoms with Crippen molar-refractivity contribution < 1.29 is 22.7 Å². The lowest BCUT2D eigenvalue weighted by Gasteiger charge is -2.38. The lowest BCUT2D eigenvalue weighted by molar-refractivity contribution is -0.135. The molecule has 0 bridgehead atoms. The molecule has 3 aliphatic heterocycles. The second kappa shape index (κ2) is 10.2. The minimum absolute atomic E-state index is 0.0119. The maximum Gasteiger partial charge on any atom is 0.244 e. The molecule has 9 nitrogen and oxygen atoms in total. The summed E-state index contributed by atoms with van der Waals surface area (Å²) in [5, 5.41) is 0. The van der Waals surface area contributed by atoms with E-state index in [1.807, 2.05) is 23.1 Å². The molecule has 1 unspecified atom stereocenters. The van der Waals surface area contributed by atoms with E-state index in [-0.39, 0.29) is 36.6 Å². The van der Waals surface area contributed by atoms with Crippen LogP contribution in [0, 0.1) is 19.8 Å². The van der Waals surface area contributed by atoms with Crippen LogP contribution in [0.4, 0.5) is 5.69 Å². The number of piperazine rings is 1. The van der Waals surface area contributed by atoms with Crippen molar-refractivity contribution in [2.24, 2.45) is 5.92 Å². The number of rotatable bonds is 5. The molecular weight excluding hydrogens is 516 g/mol. The fourth-order valence-electron chi connectivity index (χ4n) is 5.81. The third kappa shape index (κ3) is 4.83. The number of pyridine rings is 1. The van der Waals surface area contributed by atoms with Gasteiger partial charge in [0.2, 0.25) is 22.7 Å². The number of fused-ring (bicyclic) bond motifs is 1. The van der Waals surface area contributed by atoms with Crippen LogP contribution >= 0.6 is 0 Å². The number of aromatic nitrogens is 1. The van der Waals surface area contributed by atoms with E-state index in [9.17, 15) is 13.2 Å². The summed E-state index contributed by atoms with van der Waals surface area (Å²) < 4.78 is 39.5. The smallest absolute Gasteiger partial charge is 0.244 e. The standard InChI is InChI=1S/C29H32N4O5S/c1-20-5-6-21(2)26(14-20)31-10-12-32(13-11-31)29(34)25-18-33(39(35,36)23-4-3-9-30-16-23)17-24(25)22-7-8-27-28(15-22)38-19-37-27/h3-9,14-16,24-25H,10-13,17-19H2,1-2H3/t24?,25-/m1/s1. The van der Waals surface area contributed by atoms with Crippen LogP contribution in [-0.4, -0.2) is 74.6 Å². The molecule has 0 saturated carbocycles. The van der Waals surface area contributed by atoms with Crippen molar-refractivity contribution in [2.75, 3.05) is 51.0 Å². The molecule has 4 heterocycles. The van der Waals surface area contributed by atoms with Gasteiger partial charge in [0.05, 0.1) is 5.92 Å². The Morgan fingerprint density at radius 2 is 1.74 bits per heavy atom. The molecule has 10 heteroatoms. The van der Waals surface area contributed by atoms with Gasteiger partial charge < -0.3 is 19.3 Å². The van der Waals surface area contributed by atoms with E-state index in [1.165, 1.54) is 27.3 Å². The Hall–Kier alpha value is -3.63. The number of benzene rings is 2. The highest BCUT2D eigenvalue weighted by molar-refractivity contribution is 7.89. The first-order valence-corrected chi connectivity index (χ1v) is 14.7. The average molecular weight is 549 g/mol. The summed E-state index contributed by atoms with van der Waals surface area (Å²) in [5.74, 6) is 0.443. The van der Waals surface area contributed by atoms with Crippen LogP contribution in [0.5, 0.6) is 11.5 Å². The summed E-state index contributed by atoms with van der Waals surface area (Å²) in [5.41, 5.74) is 4.50. The molecule has 2 atom stereocenters. The van der Waals surface area contributed by atoms with Crippen molar-refractivity contribution in [1.29, 1.82) is 0 Å². The van der Waals surface area contributed by atoms with Crippen LogP contribution in [0.3, 0.4) is 0 Å². The van der Waals surface area contributed by atoms with Crippen molar-refractivity contribution in [3.63, 3.8) is 0 Å². The summed E-state index contributed by atoms with van der Waals surface area (Å²) in [4.78, 5) is 22.4. The first-order valence-electron chi connectivity index (χ1n) is 13.2. The molecule has 0 spiro atoms. The van der Waals surface area contributed by atoms with Crippen LogP contribution in [0.2, 0.25) is 0 Å². The minimum atomic E-state index is -3.81. The van der Waals surface area contributed by atoms with E-state index in [1.54, 1.807) is 18.3 Å². The highest BCUT2D eigenvalue weighted by Gasteiger charge is 2.45. The summed E-state index contributed by atoms with van der Waals surface area (Å²) in [6.07, 6.45) is 2.90. The van der Waals surface area contributed by atoms with E-state index in [0.717, 1.165) is 18.7 Å². The van der Waals surface area contributed by atoms with E-state index in [4.69, 9.17) is 9.47 Å². The van der Waals surface area contributed by atoms with Gasteiger partial charge >= 0.3 is 0 Å². The van der Waals surface area contributed by atoms with E-state index >= 15 is 0 Å². The lowest BCUT2D eigenvalue weighted by atomic mass is 9.87. The Kier molecular flexibility index (Phi) is 6.68. The molecule has 2 saturated heterocycles. The van der Waals surface area contributed by atoms with Crippen molar-refractivity contribution in [1.82, 2.24) is 14.2 Å². The molecule has 1 amide bonds. The van der Waals surface area contributed by atoms with Crippen molar-refractivity contribution in [2.45, 2.75) is 24.7 Å². The Labute approximate surface area is 229 Å². The number of amides is 1. The maximum absolute atomic E-state index is 14.0. The quantitative estimate of drug-likeness (QED) is 0.484. The SMILES string of the molecule is Cc1ccc(C)c(N2CCN(C(=O)[C@@H]3CN(S(=O)(=O)c4cccnc4)CC3c3ccc4c(c3)OCO4)CC2)c1. The predicted molar refractivity (Wildman–Crippen MR) is 147 cm³/mol. The highest BCUT2D eigenvalue weighted by Crippen LogP contribution is 2.41. The van der Waals surface area contributed by atoms with Crippen LogP contribution in [-0.2, 0) is 14.8 Å². The van der Waals surface area contributed by atoms with Gasteiger partial charge in [-0.15, -0.1) is 0 Å². The summed E-state index contributed by atoms with van der Waals surface area (Å²) in [7, 11) is -3.81. The third-order valence-electron chi connectivity index (χ3n) is 8.00. The Morgan fingerprint density at radius 1 is 0.949 bits per heavy atom. The van der Waals surface area contributed by atoms with Crippen LogP contribution in [0.25, 0.3) is 0 Å². The third-order valence-corrected chi connectivity index (χ3v) is 9.81. The van der Waals surface area contributed by atoms with E-state index in [2.05, 4.69) is 41.9 Å². The number of anilines is 1. The largest absolute Gasteiger partial charge is 0.454 e. The van der Waals surface area contributed by atoms with Gasteiger partial charge in [0.25, 0.3) is 0 Å². The lowest BCUT2D eigenvalue weighted by Crippen LogP contribution is -2.51. The zero-order valence-electron chi connectivity index (χ0n) is 22.1. The zero-order chi connectivity index (χ0) is 27.1. The van der Waals surface area contributed by atoms with Crippen LogP contribution in [0.1, 0.15) is 22.6 Å². The van der Waals surface area contributed by atoms with Gasteiger partial charge in [-0.1, -0.05) is 18.2 Å². The van der Waals surface area contributed by atoms with Gasteiger partial charge in [-0.25, -0.2) is 8.42 Å². The number of hydrogen-bond donors (Lipinski definition) is 0.